The summed E-state index contributed by atoms with van der Waals surface area (Å²) >= 11 is 0. The number of ether oxygens (including phenoxy) is 1. The number of hydrogen-bond donors (Lipinski definition) is 4. The molecule has 0 aromatic heterocycles. The third-order valence-electron chi connectivity index (χ3n) is 2.13. The van der Waals surface area contributed by atoms with Crippen LogP contribution in [0, 0.1) is 0 Å². The molecule has 1 fully saturated rings. The quantitative estimate of drug-likeness (QED) is 0.393. The van der Waals surface area contributed by atoms with Crippen molar-refractivity contribution in [1.82, 2.24) is 5.32 Å². The van der Waals surface area contributed by atoms with Crippen LogP contribution in [0.25, 0.3) is 0 Å². The van der Waals surface area contributed by atoms with Gasteiger partial charge < -0.3 is 25.4 Å². The summed E-state index contributed by atoms with van der Waals surface area (Å²) in [6.45, 7) is -0.269. The van der Waals surface area contributed by atoms with Crippen molar-refractivity contribution in [1.29, 1.82) is 0 Å². The van der Waals surface area contributed by atoms with Crippen LogP contribution in [0.1, 0.15) is 6.42 Å². The third-order valence-corrected chi connectivity index (χ3v) is 2.13. The van der Waals surface area contributed by atoms with Crippen LogP contribution in [0.15, 0.2) is 0 Å². The summed E-state index contributed by atoms with van der Waals surface area (Å²) in [4.78, 5) is 0. The van der Waals surface area contributed by atoms with Crippen LogP contribution < -0.4 is 5.32 Å². The van der Waals surface area contributed by atoms with Crippen molar-refractivity contribution in [2.24, 2.45) is 0 Å². The first-order valence-corrected chi connectivity index (χ1v) is 3.98. The highest BCUT2D eigenvalue weighted by molar-refractivity contribution is 4.83. The molecule has 0 saturated carbocycles. The number of rotatable bonds is 2. The normalized spacial score (nSPS) is 43.0. The molecule has 2 unspecified atom stereocenters. The van der Waals surface area contributed by atoms with E-state index in [1.807, 2.05) is 0 Å². The van der Waals surface area contributed by atoms with E-state index < -0.39 is 18.5 Å². The largest absolute Gasteiger partial charge is 0.394 e. The Morgan fingerprint density at radius 1 is 1.50 bits per heavy atom. The van der Waals surface area contributed by atoms with Gasteiger partial charge in [-0.3, -0.25) is 0 Å². The first-order valence-electron chi connectivity index (χ1n) is 3.98. The van der Waals surface area contributed by atoms with E-state index in [2.05, 4.69) is 5.32 Å². The maximum atomic E-state index is 9.35. The molecule has 0 radical (unpaired) electrons. The van der Waals surface area contributed by atoms with E-state index in [0.29, 0.717) is 6.42 Å². The standard InChI is InChI=1S/C7H15NO4/c1-8-4-2-5(10)6(3-9)12-7(4)11/h4-11H,2-3H2,1H3/t4?,5-,6?,7+/m0/s1. The monoisotopic (exact) mass is 177 g/mol. The van der Waals surface area contributed by atoms with E-state index in [1.54, 1.807) is 7.05 Å². The van der Waals surface area contributed by atoms with Crippen LogP contribution in [0.2, 0.25) is 0 Å². The van der Waals surface area contributed by atoms with Crippen molar-refractivity contribution in [2.45, 2.75) is 31.0 Å². The average Bonchev–Trinajstić information content (AvgIpc) is 2.08. The summed E-state index contributed by atoms with van der Waals surface area (Å²) in [6.07, 6.45) is -1.93. The topological polar surface area (TPSA) is 82.0 Å². The summed E-state index contributed by atoms with van der Waals surface area (Å²) in [5.74, 6) is 0. The van der Waals surface area contributed by atoms with Gasteiger partial charge in [-0.2, -0.15) is 0 Å². The van der Waals surface area contributed by atoms with Gasteiger partial charge in [0.15, 0.2) is 6.29 Å². The zero-order valence-corrected chi connectivity index (χ0v) is 6.97. The molecular weight excluding hydrogens is 162 g/mol. The molecule has 1 saturated heterocycles. The maximum Gasteiger partial charge on any atom is 0.170 e. The zero-order chi connectivity index (χ0) is 9.14. The highest BCUT2D eigenvalue weighted by atomic mass is 16.6. The van der Waals surface area contributed by atoms with Crippen LogP contribution >= 0.6 is 0 Å². The lowest BCUT2D eigenvalue weighted by Gasteiger charge is -2.35. The highest BCUT2D eigenvalue weighted by Gasteiger charge is 2.34. The fourth-order valence-electron chi connectivity index (χ4n) is 1.32. The minimum atomic E-state index is -0.949. The molecule has 4 atom stereocenters. The van der Waals surface area contributed by atoms with E-state index in [9.17, 15) is 10.2 Å². The molecule has 1 aliphatic heterocycles. The van der Waals surface area contributed by atoms with Gasteiger partial charge in [0, 0.05) is 0 Å². The van der Waals surface area contributed by atoms with Gasteiger partial charge in [0.25, 0.3) is 0 Å². The Morgan fingerprint density at radius 3 is 2.67 bits per heavy atom. The van der Waals surface area contributed by atoms with E-state index in [1.165, 1.54) is 0 Å². The maximum absolute atomic E-state index is 9.35. The second kappa shape index (κ2) is 4.15. The average molecular weight is 177 g/mol. The van der Waals surface area contributed by atoms with Crippen molar-refractivity contribution in [3.05, 3.63) is 0 Å². The van der Waals surface area contributed by atoms with Crippen molar-refractivity contribution >= 4 is 0 Å². The molecule has 0 aromatic rings. The fraction of sp³-hybridized carbons (Fsp3) is 1.00. The Labute approximate surface area is 71.0 Å². The van der Waals surface area contributed by atoms with E-state index in [0.717, 1.165) is 0 Å². The molecule has 4 N–H and O–H groups in total. The lowest BCUT2D eigenvalue weighted by molar-refractivity contribution is -0.220. The number of aliphatic hydroxyl groups is 3. The Hall–Kier alpha value is -0.200. The first kappa shape index (κ1) is 9.88. The number of hydrogen-bond acceptors (Lipinski definition) is 5. The molecule has 1 aliphatic rings. The Balaban J connectivity index is 2.49. The van der Waals surface area contributed by atoms with Gasteiger partial charge in [-0.15, -0.1) is 0 Å². The van der Waals surface area contributed by atoms with Crippen LogP contribution in [-0.4, -0.2) is 53.5 Å². The smallest absolute Gasteiger partial charge is 0.170 e. The molecule has 12 heavy (non-hydrogen) atoms. The molecular formula is C7H15NO4. The lowest BCUT2D eigenvalue weighted by atomic mass is 10.0. The van der Waals surface area contributed by atoms with Gasteiger partial charge in [0.1, 0.15) is 6.10 Å². The minimum absolute atomic E-state index is 0.261. The Bertz CT molecular complexity index is 127. The second-order valence-electron chi connectivity index (χ2n) is 2.95. The molecule has 1 heterocycles. The van der Waals surface area contributed by atoms with Crippen molar-refractivity contribution in [3.63, 3.8) is 0 Å². The second-order valence-corrected chi connectivity index (χ2v) is 2.95. The summed E-state index contributed by atoms with van der Waals surface area (Å²) < 4.78 is 4.94. The molecule has 0 aromatic carbocycles. The summed E-state index contributed by atoms with van der Waals surface area (Å²) in [6, 6.07) is -0.261. The van der Waals surface area contributed by atoms with Crippen LogP contribution in [0.5, 0.6) is 0 Å². The predicted octanol–water partition coefficient (Wildman–Crippen LogP) is -1.97. The highest BCUT2D eigenvalue weighted by Crippen LogP contribution is 2.18. The van der Waals surface area contributed by atoms with Crippen molar-refractivity contribution in [2.75, 3.05) is 13.7 Å². The van der Waals surface area contributed by atoms with E-state index in [4.69, 9.17) is 9.84 Å². The molecule has 72 valence electrons. The van der Waals surface area contributed by atoms with Gasteiger partial charge in [-0.1, -0.05) is 0 Å². The van der Waals surface area contributed by atoms with Crippen LogP contribution in [0.4, 0.5) is 0 Å². The molecule has 1 rings (SSSR count). The van der Waals surface area contributed by atoms with Gasteiger partial charge >= 0.3 is 0 Å². The van der Waals surface area contributed by atoms with Crippen LogP contribution in [-0.2, 0) is 4.74 Å². The Kier molecular flexibility index (Phi) is 3.42. The molecule has 0 spiro atoms. The minimum Gasteiger partial charge on any atom is -0.394 e. The number of nitrogens with one attached hydrogen (secondary N) is 1. The summed E-state index contributed by atoms with van der Waals surface area (Å²) in [5.41, 5.74) is 0. The van der Waals surface area contributed by atoms with Crippen LogP contribution in [0.3, 0.4) is 0 Å². The van der Waals surface area contributed by atoms with Gasteiger partial charge in [0.2, 0.25) is 0 Å². The molecule has 5 nitrogen and oxygen atoms in total. The van der Waals surface area contributed by atoms with Gasteiger partial charge in [-0.25, -0.2) is 0 Å². The SMILES string of the molecule is CNC1C[C@H](O)C(CO)O[C@H]1O. The predicted molar refractivity (Wildman–Crippen MR) is 41.4 cm³/mol. The summed E-state index contributed by atoms with van der Waals surface area (Å²) in [5, 5.41) is 30.2. The zero-order valence-electron chi connectivity index (χ0n) is 6.97. The number of likely N-dealkylation sites (N-methyl/N-ethyl adjacent to an activating group) is 1. The van der Waals surface area contributed by atoms with Gasteiger partial charge in [0.05, 0.1) is 18.8 Å². The van der Waals surface area contributed by atoms with E-state index >= 15 is 0 Å². The lowest BCUT2D eigenvalue weighted by Crippen LogP contribution is -2.53. The Morgan fingerprint density at radius 2 is 2.17 bits per heavy atom. The van der Waals surface area contributed by atoms with Crippen molar-refractivity contribution in [3.8, 4) is 0 Å². The van der Waals surface area contributed by atoms with Gasteiger partial charge in [-0.05, 0) is 13.5 Å². The van der Waals surface area contributed by atoms with E-state index in [-0.39, 0.29) is 12.6 Å². The third kappa shape index (κ3) is 1.94. The molecule has 0 amide bonds. The summed E-state index contributed by atoms with van der Waals surface area (Å²) in [7, 11) is 1.68. The molecule has 0 bridgehead atoms. The fourth-order valence-corrected chi connectivity index (χ4v) is 1.32. The van der Waals surface area contributed by atoms with Crippen molar-refractivity contribution < 1.29 is 20.1 Å². The molecule has 5 heteroatoms. The molecule has 0 aliphatic carbocycles. The number of aliphatic hydroxyl groups excluding tert-OH is 3. The first-order chi connectivity index (χ1) is 5.69.